The first-order chi connectivity index (χ1) is 8.02. The fraction of sp³-hybridized carbons (Fsp3) is 0.667. The summed E-state index contributed by atoms with van der Waals surface area (Å²) in [4.78, 5) is 20.5. The summed E-state index contributed by atoms with van der Waals surface area (Å²) in [5.74, 6) is 1.86. The van der Waals surface area contributed by atoms with Gasteiger partial charge in [0, 0.05) is 26.3 Å². The second-order valence-corrected chi connectivity index (χ2v) is 4.52. The number of nitrogens with one attached hydrogen (secondary N) is 1. The first-order valence-electron chi connectivity index (χ1n) is 5.84. The molecule has 0 aliphatic heterocycles. The molecule has 17 heavy (non-hydrogen) atoms. The molecule has 0 amide bonds. The van der Waals surface area contributed by atoms with Crippen molar-refractivity contribution in [3.63, 3.8) is 0 Å². The lowest BCUT2D eigenvalue weighted by atomic mass is 10.2. The number of hydrogen-bond donors (Lipinski definition) is 1. The van der Waals surface area contributed by atoms with E-state index in [4.69, 9.17) is 4.74 Å². The van der Waals surface area contributed by atoms with Crippen molar-refractivity contribution in [2.75, 3.05) is 31.7 Å². The lowest BCUT2D eigenvalue weighted by Gasteiger charge is -2.25. The highest BCUT2D eigenvalue weighted by Gasteiger charge is 2.10. The van der Waals surface area contributed by atoms with Gasteiger partial charge in [-0.1, -0.05) is 13.8 Å². The predicted molar refractivity (Wildman–Crippen MR) is 68.5 cm³/mol. The van der Waals surface area contributed by atoms with Crippen molar-refractivity contribution < 1.29 is 4.74 Å². The van der Waals surface area contributed by atoms with Crippen LogP contribution in [0.4, 0.5) is 5.82 Å². The van der Waals surface area contributed by atoms with Gasteiger partial charge >= 0.3 is 0 Å². The second-order valence-electron chi connectivity index (χ2n) is 4.52. The fourth-order valence-electron chi connectivity index (χ4n) is 1.67. The smallest absolute Gasteiger partial charge is 0.252 e. The van der Waals surface area contributed by atoms with Crippen molar-refractivity contribution in [1.29, 1.82) is 0 Å². The number of hydrogen-bond acceptors (Lipinski definition) is 4. The van der Waals surface area contributed by atoms with Crippen molar-refractivity contribution in [2.24, 2.45) is 5.92 Å². The molecule has 0 aliphatic rings. The molecule has 0 radical (unpaired) electrons. The van der Waals surface area contributed by atoms with E-state index in [1.807, 2.05) is 0 Å². The van der Waals surface area contributed by atoms with Crippen LogP contribution in [0.1, 0.15) is 19.7 Å². The Kier molecular flexibility index (Phi) is 5.15. The topological polar surface area (TPSA) is 58.2 Å². The molecule has 1 heterocycles. The van der Waals surface area contributed by atoms with Gasteiger partial charge in [0.2, 0.25) is 0 Å². The zero-order valence-electron chi connectivity index (χ0n) is 11.0. The number of methoxy groups -OCH3 is 1. The molecule has 0 unspecified atom stereocenters. The molecule has 0 saturated heterocycles. The van der Waals surface area contributed by atoms with Gasteiger partial charge in [-0.05, 0) is 12.8 Å². The summed E-state index contributed by atoms with van der Waals surface area (Å²) in [5.41, 5.74) is -0.112. The average molecular weight is 239 g/mol. The number of aromatic nitrogens is 2. The number of H-pyrrole nitrogens is 1. The molecule has 0 spiro atoms. The fourth-order valence-corrected chi connectivity index (χ4v) is 1.67. The van der Waals surface area contributed by atoms with E-state index in [1.165, 1.54) is 6.07 Å². The van der Waals surface area contributed by atoms with Crippen LogP contribution in [0.2, 0.25) is 0 Å². The number of rotatable bonds is 6. The largest absolute Gasteiger partial charge is 0.383 e. The van der Waals surface area contributed by atoms with E-state index in [9.17, 15) is 4.79 Å². The SMILES string of the molecule is COCCN(CC(C)C)c1cc(=O)[nH]c(C)n1. The Balaban J connectivity index is 2.90. The summed E-state index contributed by atoms with van der Waals surface area (Å²) in [6.45, 7) is 8.29. The molecule has 0 atom stereocenters. The Morgan fingerprint density at radius 1 is 1.53 bits per heavy atom. The molecule has 1 aromatic rings. The molecule has 0 saturated carbocycles. The van der Waals surface area contributed by atoms with Gasteiger partial charge in [-0.3, -0.25) is 4.79 Å². The second kappa shape index (κ2) is 6.39. The van der Waals surface area contributed by atoms with Gasteiger partial charge in [0.25, 0.3) is 5.56 Å². The zero-order valence-corrected chi connectivity index (χ0v) is 11.0. The molecule has 5 heteroatoms. The maximum Gasteiger partial charge on any atom is 0.252 e. The predicted octanol–water partition coefficient (Wildman–Crippen LogP) is 1.19. The van der Waals surface area contributed by atoms with Gasteiger partial charge in [-0.15, -0.1) is 0 Å². The molecule has 1 rings (SSSR count). The minimum atomic E-state index is -0.112. The Labute approximate surface area is 102 Å². The third-order valence-electron chi connectivity index (χ3n) is 2.32. The summed E-state index contributed by atoms with van der Waals surface area (Å²) in [6.07, 6.45) is 0. The summed E-state index contributed by atoms with van der Waals surface area (Å²) in [7, 11) is 1.67. The quantitative estimate of drug-likeness (QED) is 0.810. The molecule has 1 N–H and O–H groups in total. The van der Waals surface area contributed by atoms with E-state index in [0.29, 0.717) is 18.3 Å². The molecule has 0 aromatic carbocycles. The van der Waals surface area contributed by atoms with Crippen LogP contribution in [0.3, 0.4) is 0 Å². The van der Waals surface area contributed by atoms with Crippen LogP contribution in [0.15, 0.2) is 10.9 Å². The highest BCUT2D eigenvalue weighted by atomic mass is 16.5. The molecule has 0 aliphatic carbocycles. The zero-order chi connectivity index (χ0) is 12.8. The lowest BCUT2D eigenvalue weighted by molar-refractivity contribution is 0.204. The minimum absolute atomic E-state index is 0.112. The molecule has 0 bridgehead atoms. The number of ether oxygens (including phenoxy) is 1. The molecule has 1 aromatic heterocycles. The van der Waals surface area contributed by atoms with Gasteiger partial charge < -0.3 is 14.6 Å². The number of aryl methyl sites for hydroxylation is 1. The maximum atomic E-state index is 11.4. The Morgan fingerprint density at radius 2 is 2.24 bits per heavy atom. The van der Waals surface area contributed by atoms with Gasteiger partial charge in [0.05, 0.1) is 6.61 Å². The Morgan fingerprint density at radius 3 is 2.76 bits per heavy atom. The van der Waals surface area contributed by atoms with Gasteiger partial charge in [0.15, 0.2) is 0 Å². The number of anilines is 1. The summed E-state index contributed by atoms with van der Waals surface area (Å²) in [5, 5.41) is 0. The molecule has 5 nitrogen and oxygen atoms in total. The highest BCUT2D eigenvalue weighted by molar-refractivity contribution is 5.37. The Bertz CT molecular complexity index is 401. The van der Waals surface area contributed by atoms with Crippen molar-refractivity contribution >= 4 is 5.82 Å². The van der Waals surface area contributed by atoms with E-state index < -0.39 is 0 Å². The number of nitrogens with zero attached hydrogens (tertiary/aromatic N) is 2. The first kappa shape index (κ1) is 13.7. The van der Waals surface area contributed by atoms with Crippen LogP contribution in [0, 0.1) is 12.8 Å². The van der Waals surface area contributed by atoms with Gasteiger partial charge in [-0.25, -0.2) is 4.98 Å². The van der Waals surface area contributed by atoms with Crippen LogP contribution in [0.25, 0.3) is 0 Å². The summed E-state index contributed by atoms with van der Waals surface area (Å²) >= 11 is 0. The van der Waals surface area contributed by atoms with E-state index in [0.717, 1.165) is 18.9 Å². The van der Waals surface area contributed by atoms with Crippen molar-refractivity contribution in [2.45, 2.75) is 20.8 Å². The Hall–Kier alpha value is -1.36. The molecule has 0 fully saturated rings. The molecular weight excluding hydrogens is 218 g/mol. The highest BCUT2D eigenvalue weighted by Crippen LogP contribution is 2.10. The summed E-state index contributed by atoms with van der Waals surface area (Å²) < 4.78 is 5.08. The van der Waals surface area contributed by atoms with Gasteiger partial charge in [0.1, 0.15) is 11.6 Å². The number of aromatic amines is 1. The van der Waals surface area contributed by atoms with E-state index in [-0.39, 0.29) is 5.56 Å². The van der Waals surface area contributed by atoms with Crippen LogP contribution < -0.4 is 10.5 Å². The van der Waals surface area contributed by atoms with Crippen molar-refractivity contribution in [1.82, 2.24) is 9.97 Å². The third kappa shape index (κ3) is 4.56. The lowest BCUT2D eigenvalue weighted by Crippen LogP contribution is -2.33. The van der Waals surface area contributed by atoms with Crippen LogP contribution in [-0.2, 0) is 4.74 Å². The van der Waals surface area contributed by atoms with Crippen molar-refractivity contribution in [3.05, 3.63) is 22.2 Å². The summed E-state index contributed by atoms with van der Waals surface area (Å²) in [6, 6.07) is 1.53. The van der Waals surface area contributed by atoms with Gasteiger partial charge in [-0.2, -0.15) is 0 Å². The van der Waals surface area contributed by atoms with E-state index >= 15 is 0 Å². The average Bonchev–Trinajstić information content (AvgIpc) is 2.22. The monoisotopic (exact) mass is 239 g/mol. The van der Waals surface area contributed by atoms with E-state index in [1.54, 1.807) is 14.0 Å². The first-order valence-corrected chi connectivity index (χ1v) is 5.84. The van der Waals surface area contributed by atoms with Crippen molar-refractivity contribution in [3.8, 4) is 0 Å². The standard InChI is InChI=1S/C12H21N3O2/c1-9(2)8-15(5-6-17-4)11-7-12(16)14-10(3)13-11/h7,9H,5-6,8H2,1-4H3,(H,13,14,16). The van der Waals surface area contributed by atoms with Crippen LogP contribution in [-0.4, -0.2) is 36.8 Å². The normalized spacial score (nSPS) is 10.9. The molecule has 96 valence electrons. The minimum Gasteiger partial charge on any atom is -0.383 e. The molecular formula is C12H21N3O2. The van der Waals surface area contributed by atoms with Crippen LogP contribution in [0.5, 0.6) is 0 Å². The maximum absolute atomic E-state index is 11.4. The third-order valence-corrected chi connectivity index (χ3v) is 2.32. The van der Waals surface area contributed by atoms with E-state index in [2.05, 4.69) is 28.7 Å². The van der Waals surface area contributed by atoms with Crippen LogP contribution >= 0.6 is 0 Å².